The van der Waals surface area contributed by atoms with E-state index in [0.29, 0.717) is 31.0 Å². The van der Waals surface area contributed by atoms with Gasteiger partial charge in [0.2, 0.25) is 0 Å². The first-order valence-corrected chi connectivity index (χ1v) is 20.1. The molecule has 54 heavy (non-hydrogen) atoms. The van der Waals surface area contributed by atoms with Crippen LogP contribution in [0.4, 0.5) is 16.2 Å². The van der Waals surface area contributed by atoms with Crippen LogP contribution < -0.4 is 15.3 Å². The fraction of sp³-hybridized carbons (Fsp3) is 0.651. The highest BCUT2D eigenvalue weighted by Crippen LogP contribution is 2.40. The highest BCUT2D eigenvalue weighted by atomic mass is 16.6. The number of fused-ring (bicyclic) bond motifs is 2. The molecule has 5 heterocycles. The van der Waals surface area contributed by atoms with E-state index in [0.717, 1.165) is 107 Å². The van der Waals surface area contributed by atoms with Crippen molar-refractivity contribution in [3.63, 3.8) is 0 Å². The van der Waals surface area contributed by atoms with Crippen molar-refractivity contribution in [2.75, 3.05) is 44.2 Å². The van der Waals surface area contributed by atoms with Crippen molar-refractivity contribution in [3.8, 4) is 0 Å². The van der Waals surface area contributed by atoms with Gasteiger partial charge in [0.1, 0.15) is 5.60 Å². The van der Waals surface area contributed by atoms with Gasteiger partial charge in [-0.05, 0) is 105 Å². The van der Waals surface area contributed by atoms with E-state index >= 15 is 0 Å². The second-order valence-corrected chi connectivity index (χ2v) is 18.3. The average Bonchev–Trinajstić information content (AvgIpc) is 3.69. The number of carbonyl (C=O) groups excluding carboxylic acids is 3. The van der Waals surface area contributed by atoms with Gasteiger partial charge in [0.25, 0.3) is 0 Å². The molecule has 11 nitrogen and oxygen atoms in total. The summed E-state index contributed by atoms with van der Waals surface area (Å²) < 4.78 is 5.96. The van der Waals surface area contributed by atoms with E-state index in [1.54, 1.807) is 25.7 Å². The lowest BCUT2D eigenvalue weighted by molar-refractivity contribution is -0.316. The topological polar surface area (TPSA) is 147 Å². The Balaban J connectivity index is 0.000000649. The highest BCUT2D eigenvalue weighted by molar-refractivity contribution is 6.41. The fourth-order valence-electron chi connectivity index (χ4n) is 8.29. The number of carboxylic acid groups (broad SMARTS) is 1. The second-order valence-electron chi connectivity index (χ2n) is 18.3. The number of carbonyl (C=O) groups is 3. The molecule has 2 aromatic rings. The first kappa shape index (κ1) is 40.0. The number of amides is 1. The Labute approximate surface area is 321 Å². The summed E-state index contributed by atoms with van der Waals surface area (Å²) in [4.78, 5) is 51.1. The number of carboxylic acids is 1. The molecule has 7 rings (SSSR count). The number of ketones is 1. The zero-order valence-corrected chi connectivity index (χ0v) is 33.2. The number of rotatable bonds is 8. The van der Waals surface area contributed by atoms with Gasteiger partial charge >= 0.3 is 6.09 Å². The summed E-state index contributed by atoms with van der Waals surface area (Å²) in [5.74, 6) is -0.339. The van der Waals surface area contributed by atoms with Gasteiger partial charge in [0.05, 0.1) is 29.7 Å². The van der Waals surface area contributed by atoms with Crippen LogP contribution in [0.3, 0.4) is 0 Å². The molecule has 0 radical (unpaired) electrons. The number of aliphatic hydroxyl groups is 1. The minimum absolute atomic E-state index is 0.0270. The maximum absolute atomic E-state index is 14.0. The molecular formula is C43H60N5O6-. The molecule has 5 aliphatic rings. The number of nitrogens with one attached hydrogen (secondary N) is 1. The smallest absolute Gasteiger partial charge is 0.415 e. The first-order valence-electron chi connectivity index (χ1n) is 20.1. The Morgan fingerprint density at radius 2 is 1.76 bits per heavy atom. The zero-order valence-electron chi connectivity index (χ0n) is 33.2. The quantitative estimate of drug-likeness (QED) is 0.367. The van der Waals surface area contributed by atoms with Crippen LogP contribution in [0.15, 0.2) is 35.3 Å². The number of pyridine rings is 1. The maximum atomic E-state index is 14.0. The van der Waals surface area contributed by atoms with E-state index in [1.807, 2.05) is 12.1 Å². The van der Waals surface area contributed by atoms with Gasteiger partial charge in [-0.1, -0.05) is 53.7 Å². The van der Waals surface area contributed by atoms with Gasteiger partial charge in [-0.2, -0.15) is 0 Å². The molecule has 2 atom stereocenters. The van der Waals surface area contributed by atoms with Gasteiger partial charge in [0, 0.05) is 61.5 Å². The number of anilines is 1. The van der Waals surface area contributed by atoms with E-state index in [-0.39, 0.29) is 29.3 Å². The molecule has 0 unspecified atom stereocenters. The second kappa shape index (κ2) is 16.2. The number of aryl methyl sites for hydroxylation is 1. The largest absolute Gasteiger partial charge is 0.550 e. The van der Waals surface area contributed by atoms with Crippen LogP contribution in [0.5, 0.6) is 0 Å². The van der Waals surface area contributed by atoms with E-state index in [2.05, 4.69) is 49.2 Å². The number of hydrogen-bond donors (Lipinski definition) is 2. The number of piperidine rings is 2. The minimum atomic E-state index is -1.01. The van der Waals surface area contributed by atoms with Gasteiger partial charge in [-0.25, -0.2) is 9.79 Å². The van der Waals surface area contributed by atoms with E-state index in [1.165, 1.54) is 11.3 Å². The molecule has 3 saturated heterocycles. The fourth-order valence-corrected chi connectivity index (χ4v) is 8.29. The third kappa shape index (κ3) is 9.58. The van der Waals surface area contributed by atoms with Crippen molar-refractivity contribution >= 4 is 34.9 Å². The van der Waals surface area contributed by atoms with Gasteiger partial charge < -0.3 is 30.0 Å². The summed E-state index contributed by atoms with van der Waals surface area (Å²) in [6.07, 6.45) is 7.53. The molecule has 11 heteroatoms. The van der Waals surface area contributed by atoms with Crippen molar-refractivity contribution in [1.82, 2.24) is 15.2 Å². The normalized spacial score (nSPS) is 22.1. The first-order chi connectivity index (χ1) is 25.5. The molecule has 0 bridgehead atoms. The van der Waals surface area contributed by atoms with E-state index in [9.17, 15) is 24.6 Å². The van der Waals surface area contributed by atoms with Crippen LogP contribution in [0.25, 0.3) is 0 Å². The SMILES string of the molecule is CC(C)(C)C(=O)[O-].CC(C)(C)[C@H]1CCc2nc3c(cc2C1)N=C(C(=O)C[C@H](CCN1CCC(O)CC1)c1cccc(N2CC4(CCNCC4)OC2=O)c1)C3. The number of aliphatic carboxylic acids is 1. The van der Waals surface area contributed by atoms with Crippen molar-refractivity contribution in [2.24, 2.45) is 21.7 Å². The van der Waals surface area contributed by atoms with Crippen LogP contribution in [0.1, 0.15) is 115 Å². The Morgan fingerprint density at radius 3 is 2.43 bits per heavy atom. The lowest BCUT2D eigenvalue weighted by Crippen LogP contribution is -2.44. The van der Waals surface area contributed by atoms with Crippen LogP contribution in [-0.2, 0) is 33.6 Å². The number of benzene rings is 1. The van der Waals surface area contributed by atoms with E-state index < -0.39 is 17.0 Å². The molecular weight excluding hydrogens is 683 g/mol. The van der Waals surface area contributed by atoms with Crippen LogP contribution in [0, 0.1) is 16.7 Å². The van der Waals surface area contributed by atoms with Crippen molar-refractivity contribution in [1.29, 1.82) is 0 Å². The summed E-state index contributed by atoms with van der Waals surface area (Å²) in [5.41, 5.74) is 5.91. The van der Waals surface area contributed by atoms with Crippen LogP contribution in [-0.4, -0.2) is 89.5 Å². The Bertz CT molecular complexity index is 1730. The van der Waals surface area contributed by atoms with Gasteiger partial charge in [-0.3, -0.25) is 14.7 Å². The number of hydrogen-bond acceptors (Lipinski definition) is 10. The van der Waals surface area contributed by atoms with Crippen LogP contribution in [0.2, 0.25) is 0 Å². The highest BCUT2D eigenvalue weighted by Gasteiger charge is 2.46. The molecule has 1 amide bonds. The number of aliphatic imine (C=N–C) groups is 1. The summed E-state index contributed by atoms with van der Waals surface area (Å²) in [7, 11) is 0. The summed E-state index contributed by atoms with van der Waals surface area (Å²) in [5, 5.41) is 23.3. The third-order valence-corrected chi connectivity index (χ3v) is 12.1. The Kier molecular flexibility index (Phi) is 12.0. The molecule has 2 N–H and O–H groups in total. The van der Waals surface area contributed by atoms with Crippen LogP contribution >= 0.6 is 0 Å². The molecule has 1 aromatic heterocycles. The Hall–Kier alpha value is -3.67. The molecule has 294 valence electrons. The van der Waals surface area contributed by atoms with Crippen molar-refractivity contribution in [3.05, 3.63) is 52.8 Å². The summed E-state index contributed by atoms with van der Waals surface area (Å²) >= 11 is 0. The van der Waals surface area contributed by atoms with Crippen molar-refractivity contribution < 1.29 is 29.3 Å². The summed E-state index contributed by atoms with van der Waals surface area (Å²) in [6, 6.07) is 10.4. The lowest BCUT2D eigenvalue weighted by Gasteiger charge is -2.34. The number of likely N-dealkylation sites (tertiary alicyclic amines) is 1. The average molecular weight is 743 g/mol. The third-order valence-electron chi connectivity index (χ3n) is 12.1. The monoisotopic (exact) mass is 742 g/mol. The molecule has 4 aliphatic heterocycles. The standard InChI is InChI=1S/C38H51N5O4.C5H10O2/c1-37(2,3)28-7-8-31-27(19-28)21-32-33(40-31)23-34(41-32)35(45)22-26(9-16-42-17-10-30(44)11-18-42)25-5-4-6-29(20-25)43-24-38(47-36(43)46)12-14-39-15-13-38;1-5(2,3)4(6)7/h4-6,20-21,26,28,30,39,44H,7-19,22-24H2,1-3H3;1-3H3,(H,6,7)/p-1/t26-,28-;/m0./s1. The van der Waals surface area contributed by atoms with Crippen molar-refractivity contribution in [2.45, 2.75) is 123 Å². The maximum Gasteiger partial charge on any atom is 0.415 e. The molecule has 0 saturated carbocycles. The predicted molar refractivity (Wildman–Crippen MR) is 208 cm³/mol. The van der Waals surface area contributed by atoms with Gasteiger partial charge in [-0.15, -0.1) is 0 Å². The number of Topliss-reactive ketones (excluding diaryl/α,β-unsaturated/α-hetero) is 1. The molecule has 1 spiro atoms. The predicted octanol–water partition coefficient (Wildman–Crippen LogP) is 5.31. The lowest BCUT2D eigenvalue weighted by atomic mass is 9.71. The van der Waals surface area contributed by atoms with Gasteiger partial charge in [0.15, 0.2) is 5.78 Å². The zero-order chi connectivity index (χ0) is 38.8. The molecule has 1 aliphatic carbocycles. The number of nitrogens with zero attached hydrogens (tertiary/aromatic N) is 4. The molecule has 1 aromatic carbocycles. The summed E-state index contributed by atoms with van der Waals surface area (Å²) in [6.45, 7) is 16.6. The van der Waals surface area contributed by atoms with E-state index in [4.69, 9.17) is 14.7 Å². The Morgan fingerprint density at radius 1 is 1.06 bits per heavy atom. The minimum Gasteiger partial charge on any atom is -0.550 e. The number of ether oxygens (including phenoxy) is 1. The number of aromatic nitrogens is 1. The number of aliphatic hydroxyl groups excluding tert-OH is 1. The molecule has 3 fully saturated rings.